The molecule has 1 amide bonds. The molecule has 0 aromatic rings. The van der Waals surface area contributed by atoms with Gasteiger partial charge in [0.05, 0.1) is 6.54 Å². The molecule has 2 aliphatic heterocycles. The van der Waals surface area contributed by atoms with Crippen molar-refractivity contribution in [2.24, 2.45) is 10.9 Å². The molecule has 3 aliphatic rings. The minimum absolute atomic E-state index is 0.279. The van der Waals surface area contributed by atoms with Gasteiger partial charge in [-0.15, -0.1) is 0 Å². The van der Waals surface area contributed by atoms with E-state index in [1.807, 2.05) is 0 Å². The second-order valence-electron chi connectivity index (χ2n) is 8.39. The van der Waals surface area contributed by atoms with Crippen LogP contribution in [-0.4, -0.2) is 73.0 Å². The summed E-state index contributed by atoms with van der Waals surface area (Å²) in [5.41, 5.74) is 0. The summed E-state index contributed by atoms with van der Waals surface area (Å²) in [4.78, 5) is 22.3. The van der Waals surface area contributed by atoms with Gasteiger partial charge in [0, 0.05) is 37.6 Å². The minimum atomic E-state index is 0.279. The van der Waals surface area contributed by atoms with Crippen molar-refractivity contribution in [3.8, 4) is 0 Å². The molecule has 2 atom stereocenters. The third-order valence-corrected chi connectivity index (χ3v) is 6.50. The third-order valence-electron chi connectivity index (χ3n) is 6.50. The molecule has 154 valence electrons. The van der Waals surface area contributed by atoms with Crippen LogP contribution in [0.3, 0.4) is 0 Å². The Hall–Kier alpha value is -1.30. The van der Waals surface area contributed by atoms with Gasteiger partial charge in [-0.25, -0.2) is 0 Å². The van der Waals surface area contributed by atoms with Crippen LogP contribution in [0.25, 0.3) is 0 Å². The molecule has 0 bridgehead atoms. The van der Waals surface area contributed by atoms with Gasteiger partial charge in [-0.2, -0.15) is 0 Å². The summed E-state index contributed by atoms with van der Waals surface area (Å²) in [6.45, 7) is 10.1. The second-order valence-corrected chi connectivity index (χ2v) is 8.39. The lowest BCUT2D eigenvalue weighted by molar-refractivity contribution is -0.135. The van der Waals surface area contributed by atoms with Crippen molar-refractivity contribution in [2.45, 2.75) is 77.3 Å². The van der Waals surface area contributed by atoms with Gasteiger partial charge in [0.1, 0.15) is 0 Å². The van der Waals surface area contributed by atoms with Crippen LogP contribution >= 0.6 is 0 Å². The Morgan fingerprint density at radius 2 is 1.85 bits per heavy atom. The number of likely N-dealkylation sites (tertiary alicyclic amines) is 2. The Labute approximate surface area is 165 Å². The van der Waals surface area contributed by atoms with E-state index >= 15 is 0 Å². The zero-order valence-electron chi connectivity index (χ0n) is 17.4. The number of carbonyl (C=O) groups is 1. The topological polar surface area (TPSA) is 60.0 Å². The maximum absolute atomic E-state index is 12.8. The summed E-state index contributed by atoms with van der Waals surface area (Å²) in [5, 5.41) is 6.98. The Morgan fingerprint density at radius 1 is 1.04 bits per heavy atom. The van der Waals surface area contributed by atoms with Crippen LogP contribution < -0.4 is 10.6 Å². The van der Waals surface area contributed by atoms with Gasteiger partial charge in [0.25, 0.3) is 0 Å². The molecule has 0 aromatic heterocycles. The minimum Gasteiger partial charge on any atom is -0.357 e. The van der Waals surface area contributed by atoms with Gasteiger partial charge in [0.15, 0.2) is 5.96 Å². The van der Waals surface area contributed by atoms with Crippen molar-refractivity contribution in [3.05, 3.63) is 0 Å². The summed E-state index contributed by atoms with van der Waals surface area (Å²) in [5.74, 6) is 1.59. The highest BCUT2D eigenvalue weighted by molar-refractivity contribution is 5.81. The normalized spacial score (nSPS) is 27.9. The number of amides is 1. The lowest BCUT2D eigenvalue weighted by Crippen LogP contribution is -2.46. The molecule has 3 rings (SSSR count). The number of nitrogens with zero attached hydrogens (tertiary/aromatic N) is 3. The van der Waals surface area contributed by atoms with E-state index in [0.29, 0.717) is 18.0 Å². The number of guanidine groups is 1. The fraction of sp³-hybridized carbons (Fsp3) is 0.905. The Kier molecular flexibility index (Phi) is 7.80. The molecular formula is C21H39N5O. The first-order valence-electron chi connectivity index (χ1n) is 11.3. The third kappa shape index (κ3) is 5.59. The van der Waals surface area contributed by atoms with E-state index in [1.54, 1.807) is 0 Å². The van der Waals surface area contributed by atoms with Gasteiger partial charge in [-0.3, -0.25) is 14.7 Å². The van der Waals surface area contributed by atoms with Gasteiger partial charge in [-0.1, -0.05) is 26.2 Å². The maximum atomic E-state index is 12.8. The fourth-order valence-corrected chi connectivity index (χ4v) is 4.91. The van der Waals surface area contributed by atoms with E-state index in [4.69, 9.17) is 4.99 Å². The van der Waals surface area contributed by atoms with Crippen LogP contribution in [0.4, 0.5) is 0 Å². The molecule has 2 N–H and O–H groups in total. The van der Waals surface area contributed by atoms with Crippen molar-refractivity contribution in [2.75, 3.05) is 39.3 Å². The average Bonchev–Trinajstić information content (AvgIpc) is 3.35. The van der Waals surface area contributed by atoms with Gasteiger partial charge in [0.2, 0.25) is 5.91 Å². The molecule has 2 saturated heterocycles. The molecule has 1 aliphatic carbocycles. The van der Waals surface area contributed by atoms with E-state index in [-0.39, 0.29) is 5.92 Å². The zero-order valence-corrected chi connectivity index (χ0v) is 17.4. The highest BCUT2D eigenvalue weighted by Crippen LogP contribution is 2.26. The number of carbonyl (C=O) groups excluding carboxylic acids is 1. The average molecular weight is 378 g/mol. The van der Waals surface area contributed by atoms with E-state index in [2.05, 4.69) is 34.3 Å². The van der Waals surface area contributed by atoms with Crippen molar-refractivity contribution in [3.63, 3.8) is 0 Å². The standard InChI is InChI=1S/C21H39N5O/c1-3-22-21(23-15-19-11-8-13-25(19)4-2)24-18-12-14-26(16-18)20(27)17-9-6-5-7-10-17/h17-19H,3-16H2,1-2H3,(H2,22,23,24). The lowest BCUT2D eigenvalue weighted by Gasteiger charge is -2.26. The van der Waals surface area contributed by atoms with Gasteiger partial charge in [-0.05, 0) is 52.1 Å². The Balaban J connectivity index is 1.49. The molecule has 0 radical (unpaired) electrons. The van der Waals surface area contributed by atoms with E-state index in [0.717, 1.165) is 57.9 Å². The predicted molar refractivity (Wildman–Crippen MR) is 111 cm³/mol. The summed E-state index contributed by atoms with van der Waals surface area (Å²) in [6, 6.07) is 0.902. The Morgan fingerprint density at radius 3 is 2.59 bits per heavy atom. The van der Waals surface area contributed by atoms with E-state index in [9.17, 15) is 4.79 Å². The number of hydrogen-bond acceptors (Lipinski definition) is 3. The number of aliphatic imine (C=N–C) groups is 1. The second kappa shape index (κ2) is 10.3. The van der Waals surface area contributed by atoms with Crippen LogP contribution in [0.1, 0.15) is 65.2 Å². The van der Waals surface area contributed by atoms with Crippen LogP contribution in [0.5, 0.6) is 0 Å². The van der Waals surface area contributed by atoms with Crippen LogP contribution in [0, 0.1) is 5.92 Å². The molecule has 0 aromatic carbocycles. The van der Waals surface area contributed by atoms with Crippen molar-refractivity contribution in [1.29, 1.82) is 0 Å². The molecule has 2 heterocycles. The largest absolute Gasteiger partial charge is 0.357 e. The summed E-state index contributed by atoms with van der Waals surface area (Å²) in [7, 11) is 0. The summed E-state index contributed by atoms with van der Waals surface area (Å²) < 4.78 is 0. The summed E-state index contributed by atoms with van der Waals surface area (Å²) in [6.07, 6.45) is 9.49. The number of rotatable bonds is 6. The van der Waals surface area contributed by atoms with E-state index < -0.39 is 0 Å². The molecule has 6 heteroatoms. The first kappa shape index (κ1) is 20.4. The number of hydrogen-bond donors (Lipinski definition) is 2. The van der Waals surface area contributed by atoms with Crippen LogP contribution in [0.15, 0.2) is 4.99 Å². The van der Waals surface area contributed by atoms with Crippen LogP contribution in [0.2, 0.25) is 0 Å². The number of nitrogens with one attached hydrogen (secondary N) is 2. The first-order chi connectivity index (χ1) is 13.2. The molecular weight excluding hydrogens is 338 g/mol. The molecule has 3 fully saturated rings. The Bertz CT molecular complexity index is 503. The molecule has 6 nitrogen and oxygen atoms in total. The van der Waals surface area contributed by atoms with Gasteiger partial charge < -0.3 is 15.5 Å². The SMILES string of the molecule is CCNC(=NCC1CCCN1CC)NC1CCN(C(=O)C2CCCCC2)C1. The van der Waals surface area contributed by atoms with Crippen molar-refractivity contribution in [1.82, 2.24) is 20.4 Å². The quantitative estimate of drug-likeness (QED) is 0.550. The lowest BCUT2D eigenvalue weighted by atomic mass is 9.88. The fourth-order valence-electron chi connectivity index (χ4n) is 4.91. The van der Waals surface area contributed by atoms with Gasteiger partial charge >= 0.3 is 0 Å². The molecule has 2 unspecified atom stereocenters. The molecule has 1 saturated carbocycles. The van der Waals surface area contributed by atoms with E-state index in [1.165, 1.54) is 38.6 Å². The monoisotopic (exact) mass is 377 g/mol. The predicted octanol–water partition coefficient (Wildman–Crippen LogP) is 2.21. The van der Waals surface area contributed by atoms with Crippen molar-refractivity contribution < 1.29 is 4.79 Å². The first-order valence-corrected chi connectivity index (χ1v) is 11.3. The molecule has 0 spiro atoms. The van der Waals surface area contributed by atoms with Crippen LogP contribution in [-0.2, 0) is 4.79 Å². The molecule has 27 heavy (non-hydrogen) atoms. The zero-order chi connectivity index (χ0) is 19.1. The highest BCUT2D eigenvalue weighted by Gasteiger charge is 2.32. The van der Waals surface area contributed by atoms with Crippen molar-refractivity contribution >= 4 is 11.9 Å². The maximum Gasteiger partial charge on any atom is 0.225 e. The summed E-state index contributed by atoms with van der Waals surface area (Å²) >= 11 is 0. The smallest absolute Gasteiger partial charge is 0.225 e. The number of likely N-dealkylation sites (N-methyl/N-ethyl adjacent to an activating group) is 1. The highest BCUT2D eigenvalue weighted by atomic mass is 16.2.